The van der Waals surface area contributed by atoms with Crippen molar-refractivity contribution in [2.24, 2.45) is 5.92 Å². The lowest BCUT2D eigenvalue weighted by Gasteiger charge is -2.16. The molecule has 0 radical (unpaired) electrons. The molecule has 1 aromatic carbocycles. The summed E-state index contributed by atoms with van der Waals surface area (Å²) in [5.41, 5.74) is 2.48. The maximum absolute atomic E-state index is 12.9. The highest BCUT2D eigenvalue weighted by atomic mass is 32.2. The zero-order chi connectivity index (χ0) is 14.6. The molecule has 0 unspecified atom stereocenters. The maximum Gasteiger partial charge on any atom is 0.336 e. The van der Waals surface area contributed by atoms with E-state index in [-0.39, 0.29) is 0 Å². The number of hydrogen-bond donors (Lipinski definition) is 1. The molecule has 0 amide bonds. The Hall–Kier alpha value is -1.16. The predicted octanol–water partition coefficient (Wildman–Crippen LogP) is 3.66. The largest absolute Gasteiger partial charge is 0.478 e. The van der Waals surface area contributed by atoms with Crippen molar-refractivity contribution < 1.29 is 14.1 Å². The molecule has 0 aromatic heterocycles. The molecule has 3 saturated carbocycles. The quantitative estimate of drug-likeness (QED) is 0.872. The average Bonchev–Trinajstić information content (AvgIpc) is 3.29. The van der Waals surface area contributed by atoms with E-state index in [1.54, 1.807) is 6.07 Å². The van der Waals surface area contributed by atoms with Crippen LogP contribution < -0.4 is 0 Å². The minimum absolute atomic E-state index is 0.327. The molecule has 3 aliphatic rings. The van der Waals surface area contributed by atoms with Gasteiger partial charge in [0, 0.05) is 10.6 Å². The molecule has 3 fully saturated rings. The smallest absolute Gasteiger partial charge is 0.336 e. The van der Waals surface area contributed by atoms with Crippen LogP contribution in [0, 0.1) is 5.92 Å². The Morgan fingerprint density at radius 2 is 1.76 bits per heavy atom. The van der Waals surface area contributed by atoms with Gasteiger partial charge in [-0.25, -0.2) is 4.79 Å². The number of carboxylic acid groups (broad SMARTS) is 1. The molecule has 1 atom stereocenters. The van der Waals surface area contributed by atoms with Crippen molar-refractivity contribution in [2.75, 3.05) is 5.75 Å². The maximum atomic E-state index is 12.9. The SMILES string of the molecule is O=C(O)c1ccc(C2CC2)c([S@](=O)CC2CC2)c1C1CC1. The fourth-order valence-corrected chi connectivity index (χ4v) is 5.08. The van der Waals surface area contributed by atoms with Gasteiger partial charge in [0.1, 0.15) is 0 Å². The van der Waals surface area contributed by atoms with Crippen LogP contribution in [0.4, 0.5) is 0 Å². The summed E-state index contributed by atoms with van der Waals surface area (Å²) in [6.07, 6.45) is 6.77. The van der Waals surface area contributed by atoms with E-state index < -0.39 is 16.8 Å². The van der Waals surface area contributed by atoms with Crippen LogP contribution in [0.5, 0.6) is 0 Å². The van der Waals surface area contributed by atoms with Crippen molar-refractivity contribution in [3.8, 4) is 0 Å². The first kappa shape index (κ1) is 13.5. The van der Waals surface area contributed by atoms with Crippen LogP contribution in [-0.2, 0) is 10.8 Å². The number of carbonyl (C=O) groups is 1. The number of benzene rings is 1. The van der Waals surface area contributed by atoms with Gasteiger partial charge in [-0.3, -0.25) is 4.21 Å². The molecule has 3 aliphatic carbocycles. The van der Waals surface area contributed by atoms with Crippen molar-refractivity contribution in [3.63, 3.8) is 0 Å². The van der Waals surface area contributed by atoms with Crippen molar-refractivity contribution in [2.45, 2.75) is 55.3 Å². The highest BCUT2D eigenvalue weighted by Crippen LogP contribution is 2.50. The van der Waals surface area contributed by atoms with E-state index in [9.17, 15) is 14.1 Å². The van der Waals surface area contributed by atoms with E-state index >= 15 is 0 Å². The van der Waals surface area contributed by atoms with Gasteiger partial charge in [0.15, 0.2) is 0 Å². The van der Waals surface area contributed by atoms with E-state index in [1.807, 2.05) is 6.07 Å². The molecule has 3 nitrogen and oxygen atoms in total. The van der Waals surface area contributed by atoms with Crippen LogP contribution in [0.25, 0.3) is 0 Å². The predicted molar refractivity (Wildman–Crippen MR) is 81.4 cm³/mol. The topological polar surface area (TPSA) is 54.4 Å². The Labute approximate surface area is 127 Å². The van der Waals surface area contributed by atoms with E-state index in [2.05, 4.69) is 0 Å². The second-order valence-electron chi connectivity index (χ2n) is 6.75. The Morgan fingerprint density at radius 3 is 2.29 bits per heavy atom. The summed E-state index contributed by atoms with van der Waals surface area (Å²) in [6.45, 7) is 0. The molecule has 1 aromatic rings. The van der Waals surface area contributed by atoms with E-state index in [4.69, 9.17) is 0 Å². The van der Waals surface area contributed by atoms with Crippen LogP contribution in [0.3, 0.4) is 0 Å². The van der Waals surface area contributed by atoms with Crippen LogP contribution in [-0.4, -0.2) is 21.0 Å². The van der Waals surface area contributed by atoms with Gasteiger partial charge in [-0.2, -0.15) is 0 Å². The summed E-state index contributed by atoms with van der Waals surface area (Å²) in [5, 5.41) is 9.49. The van der Waals surface area contributed by atoms with E-state index in [0.717, 1.165) is 41.9 Å². The fraction of sp³-hybridized carbons (Fsp3) is 0.588. The van der Waals surface area contributed by atoms with Crippen LogP contribution >= 0.6 is 0 Å². The van der Waals surface area contributed by atoms with Crippen molar-refractivity contribution in [1.29, 1.82) is 0 Å². The van der Waals surface area contributed by atoms with Gasteiger partial charge in [0.2, 0.25) is 0 Å². The molecule has 0 spiro atoms. The standard InChI is InChI=1S/C17H20O3S/c18-17(19)14-8-7-13(11-3-4-11)16(15(14)12-5-6-12)21(20)9-10-1-2-10/h7-8,10-12H,1-6,9H2,(H,18,19)/t21-/m1/s1. The molecular formula is C17H20O3S. The molecule has 0 bridgehead atoms. The van der Waals surface area contributed by atoms with Crippen LogP contribution in [0.2, 0.25) is 0 Å². The van der Waals surface area contributed by atoms with Gasteiger partial charge in [0.05, 0.1) is 16.4 Å². The summed E-state index contributed by atoms with van der Waals surface area (Å²) >= 11 is 0. The number of aromatic carboxylic acids is 1. The number of carboxylic acids is 1. The van der Waals surface area contributed by atoms with Gasteiger partial charge in [0.25, 0.3) is 0 Å². The van der Waals surface area contributed by atoms with Gasteiger partial charge >= 0.3 is 5.97 Å². The molecule has 0 saturated heterocycles. The summed E-state index contributed by atoms with van der Waals surface area (Å²) in [6, 6.07) is 3.69. The minimum Gasteiger partial charge on any atom is -0.478 e. The first-order valence-electron chi connectivity index (χ1n) is 7.93. The van der Waals surface area contributed by atoms with Crippen LogP contribution in [0.15, 0.2) is 17.0 Å². The monoisotopic (exact) mass is 304 g/mol. The first-order valence-corrected chi connectivity index (χ1v) is 9.25. The summed E-state index contributed by atoms with van der Waals surface area (Å²) in [4.78, 5) is 12.5. The van der Waals surface area contributed by atoms with Crippen molar-refractivity contribution >= 4 is 16.8 Å². The Bertz CT molecular complexity index is 625. The minimum atomic E-state index is -1.03. The summed E-state index contributed by atoms with van der Waals surface area (Å²) < 4.78 is 12.9. The molecule has 112 valence electrons. The Morgan fingerprint density at radius 1 is 1.10 bits per heavy atom. The molecule has 4 rings (SSSR count). The van der Waals surface area contributed by atoms with E-state index in [0.29, 0.717) is 23.3 Å². The molecule has 1 N–H and O–H groups in total. The van der Waals surface area contributed by atoms with Gasteiger partial charge in [-0.1, -0.05) is 6.07 Å². The van der Waals surface area contributed by atoms with E-state index in [1.165, 1.54) is 18.4 Å². The average molecular weight is 304 g/mol. The number of hydrogen-bond acceptors (Lipinski definition) is 2. The first-order chi connectivity index (χ1) is 10.1. The highest BCUT2D eigenvalue weighted by Gasteiger charge is 2.38. The zero-order valence-electron chi connectivity index (χ0n) is 12.0. The summed E-state index contributed by atoms with van der Waals surface area (Å²) in [5.74, 6) is 1.29. The lowest BCUT2D eigenvalue weighted by Crippen LogP contribution is -2.12. The third kappa shape index (κ3) is 2.66. The Balaban J connectivity index is 1.83. The normalized spacial score (nSPS) is 23.0. The third-order valence-electron chi connectivity index (χ3n) is 4.77. The molecule has 21 heavy (non-hydrogen) atoms. The van der Waals surface area contributed by atoms with Gasteiger partial charge in [-0.15, -0.1) is 0 Å². The lowest BCUT2D eigenvalue weighted by atomic mass is 9.98. The second kappa shape index (κ2) is 4.94. The molecule has 4 heteroatoms. The molecular weight excluding hydrogens is 284 g/mol. The third-order valence-corrected chi connectivity index (χ3v) is 6.46. The number of rotatable bonds is 6. The molecule has 0 heterocycles. The lowest BCUT2D eigenvalue weighted by molar-refractivity contribution is 0.0695. The highest BCUT2D eigenvalue weighted by molar-refractivity contribution is 7.85. The van der Waals surface area contributed by atoms with Crippen molar-refractivity contribution in [3.05, 3.63) is 28.8 Å². The second-order valence-corrected chi connectivity index (χ2v) is 8.19. The molecule has 0 aliphatic heterocycles. The fourth-order valence-electron chi connectivity index (χ4n) is 3.13. The van der Waals surface area contributed by atoms with Crippen LogP contribution in [0.1, 0.15) is 71.8 Å². The zero-order valence-corrected chi connectivity index (χ0v) is 12.8. The van der Waals surface area contributed by atoms with Gasteiger partial charge in [-0.05, 0) is 73.5 Å². The summed E-state index contributed by atoms with van der Waals surface area (Å²) in [7, 11) is -1.03. The van der Waals surface area contributed by atoms with Crippen molar-refractivity contribution in [1.82, 2.24) is 0 Å². The Kier molecular flexibility index (Phi) is 3.18. The van der Waals surface area contributed by atoms with Gasteiger partial charge < -0.3 is 5.11 Å².